The van der Waals surface area contributed by atoms with Crippen LogP contribution in [0.4, 0.5) is 18.9 Å². The molecule has 0 spiro atoms. The van der Waals surface area contributed by atoms with Crippen molar-refractivity contribution in [3.63, 3.8) is 0 Å². The van der Waals surface area contributed by atoms with Crippen molar-refractivity contribution in [2.24, 2.45) is 5.84 Å². The first kappa shape index (κ1) is 15.3. The van der Waals surface area contributed by atoms with Crippen molar-refractivity contribution >= 4 is 11.6 Å². The van der Waals surface area contributed by atoms with Crippen LogP contribution in [0.1, 0.15) is 10.4 Å². The van der Waals surface area contributed by atoms with Crippen molar-refractivity contribution in [1.29, 1.82) is 0 Å². The molecule has 0 unspecified atom stereocenters. The third-order valence-corrected chi connectivity index (χ3v) is 2.18. The van der Waals surface area contributed by atoms with E-state index in [2.05, 4.69) is 15.5 Å². The number of anilines is 1. The largest absolute Gasteiger partial charge is 0.374 e. The van der Waals surface area contributed by atoms with E-state index >= 15 is 0 Å². The molecule has 0 fully saturated rings. The van der Waals surface area contributed by atoms with Crippen molar-refractivity contribution < 1.29 is 22.7 Å². The Morgan fingerprint density at radius 3 is 2.79 bits per heavy atom. The van der Waals surface area contributed by atoms with E-state index in [9.17, 15) is 18.0 Å². The van der Waals surface area contributed by atoms with Crippen LogP contribution in [0.3, 0.4) is 0 Å². The van der Waals surface area contributed by atoms with Gasteiger partial charge in [0.15, 0.2) is 0 Å². The second-order valence-corrected chi connectivity index (χ2v) is 3.53. The molecular weight excluding hydrogens is 263 g/mol. The van der Waals surface area contributed by atoms with Gasteiger partial charge in [0.2, 0.25) is 0 Å². The van der Waals surface area contributed by atoms with Crippen LogP contribution in [0.5, 0.6) is 0 Å². The maximum atomic E-state index is 13.3. The van der Waals surface area contributed by atoms with Crippen LogP contribution in [0.25, 0.3) is 0 Å². The van der Waals surface area contributed by atoms with Gasteiger partial charge in [-0.2, -0.15) is 0 Å². The second kappa shape index (κ2) is 7.59. The first-order chi connectivity index (χ1) is 9.06. The number of alkyl halides is 2. The van der Waals surface area contributed by atoms with Gasteiger partial charge in [-0.05, 0) is 12.1 Å². The van der Waals surface area contributed by atoms with Gasteiger partial charge in [0.1, 0.15) is 12.4 Å². The number of rotatable bonds is 7. The number of carbonyl (C=O) groups is 1. The van der Waals surface area contributed by atoms with E-state index in [1.807, 2.05) is 0 Å². The number of para-hydroxylation sites is 1. The number of carbonyl (C=O) groups excluding carboxylic acids is 1. The molecular formula is C11H14F3N3O2. The van der Waals surface area contributed by atoms with Crippen molar-refractivity contribution in [2.75, 3.05) is 25.2 Å². The topological polar surface area (TPSA) is 76.4 Å². The van der Waals surface area contributed by atoms with E-state index in [0.717, 1.165) is 6.07 Å². The van der Waals surface area contributed by atoms with Crippen LogP contribution < -0.4 is 16.6 Å². The molecule has 0 aromatic heterocycles. The molecule has 0 bridgehead atoms. The molecule has 0 aliphatic carbocycles. The molecule has 4 N–H and O–H groups in total. The van der Waals surface area contributed by atoms with Crippen molar-refractivity contribution in [1.82, 2.24) is 5.32 Å². The van der Waals surface area contributed by atoms with Gasteiger partial charge in [-0.15, -0.1) is 0 Å². The number of ether oxygens (including phenoxy) is 1. The van der Waals surface area contributed by atoms with Crippen molar-refractivity contribution in [2.45, 2.75) is 6.43 Å². The fourth-order valence-electron chi connectivity index (χ4n) is 1.36. The molecule has 1 aromatic carbocycles. The average molecular weight is 277 g/mol. The normalized spacial score (nSPS) is 10.6. The highest BCUT2D eigenvalue weighted by Gasteiger charge is 2.13. The zero-order valence-electron chi connectivity index (χ0n) is 9.96. The Hall–Kier alpha value is -1.80. The molecule has 0 atom stereocenters. The molecule has 106 valence electrons. The average Bonchev–Trinajstić information content (AvgIpc) is 2.37. The van der Waals surface area contributed by atoms with Crippen molar-refractivity contribution in [3.8, 4) is 0 Å². The number of hydrogen-bond donors (Lipinski definition) is 3. The van der Waals surface area contributed by atoms with Crippen molar-refractivity contribution in [3.05, 3.63) is 29.6 Å². The molecule has 1 rings (SSSR count). The Kier molecular flexibility index (Phi) is 6.10. The van der Waals surface area contributed by atoms with Crippen LogP contribution in [-0.2, 0) is 4.74 Å². The van der Waals surface area contributed by atoms with Gasteiger partial charge in [-0.3, -0.25) is 10.6 Å². The van der Waals surface area contributed by atoms with E-state index < -0.39 is 24.8 Å². The Labute approximate surface area is 107 Å². The van der Waals surface area contributed by atoms with Crippen LogP contribution in [0.15, 0.2) is 18.2 Å². The molecule has 19 heavy (non-hydrogen) atoms. The van der Waals surface area contributed by atoms with Gasteiger partial charge in [0, 0.05) is 6.54 Å². The predicted molar refractivity (Wildman–Crippen MR) is 63.4 cm³/mol. The summed E-state index contributed by atoms with van der Waals surface area (Å²) < 4.78 is 41.4. The maximum Gasteiger partial charge on any atom is 0.261 e. The quantitative estimate of drug-likeness (QED) is 0.396. The second-order valence-electron chi connectivity index (χ2n) is 3.53. The standard InChI is InChI=1S/C11H14F3N3O2/c12-8-3-1-2-7(10(8)17-15)11(18)16-4-5-19-6-9(13)14/h1-3,9,17H,4-6,15H2,(H,16,18). The fourth-order valence-corrected chi connectivity index (χ4v) is 1.36. The fraction of sp³-hybridized carbons (Fsp3) is 0.364. The summed E-state index contributed by atoms with van der Waals surface area (Å²) in [4.78, 5) is 11.7. The minimum absolute atomic E-state index is 0.0244. The van der Waals surface area contributed by atoms with Crippen LogP contribution in [-0.4, -0.2) is 32.1 Å². The van der Waals surface area contributed by atoms with Gasteiger partial charge < -0.3 is 15.5 Å². The van der Waals surface area contributed by atoms with Gasteiger partial charge in [0.25, 0.3) is 12.3 Å². The first-order valence-corrected chi connectivity index (χ1v) is 5.45. The molecule has 0 radical (unpaired) electrons. The van der Waals surface area contributed by atoms with Gasteiger partial charge in [-0.25, -0.2) is 13.2 Å². The van der Waals surface area contributed by atoms with E-state index in [1.54, 1.807) is 0 Å². The van der Waals surface area contributed by atoms with Crippen LogP contribution >= 0.6 is 0 Å². The summed E-state index contributed by atoms with van der Waals surface area (Å²) >= 11 is 0. The number of hydrogen-bond acceptors (Lipinski definition) is 4. The monoisotopic (exact) mass is 277 g/mol. The molecule has 1 aromatic rings. The first-order valence-electron chi connectivity index (χ1n) is 5.45. The van der Waals surface area contributed by atoms with E-state index in [4.69, 9.17) is 5.84 Å². The number of benzene rings is 1. The predicted octanol–water partition coefficient (Wildman–Crippen LogP) is 1.12. The molecule has 0 heterocycles. The summed E-state index contributed by atoms with van der Waals surface area (Å²) in [6, 6.07) is 3.89. The number of nitrogens with two attached hydrogens (primary N) is 1. The maximum absolute atomic E-state index is 13.3. The molecule has 0 aliphatic heterocycles. The smallest absolute Gasteiger partial charge is 0.261 e. The summed E-state index contributed by atoms with van der Waals surface area (Å²) in [6.07, 6.45) is -2.55. The summed E-state index contributed by atoms with van der Waals surface area (Å²) in [5, 5.41) is 2.40. The third-order valence-electron chi connectivity index (χ3n) is 2.18. The lowest BCUT2D eigenvalue weighted by molar-refractivity contribution is 0.0188. The highest BCUT2D eigenvalue weighted by Crippen LogP contribution is 2.18. The SMILES string of the molecule is NNc1c(F)cccc1C(=O)NCCOCC(F)F. The lowest BCUT2D eigenvalue weighted by Gasteiger charge is -2.10. The zero-order chi connectivity index (χ0) is 14.3. The molecule has 1 amide bonds. The Morgan fingerprint density at radius 1 is 1.42 bits per heavy atom. The number of halogens is 3. The number of hydrazine groups is 1. The Balaban J connectivity index is 2.48. The minimum Gasteiger partial charge on any atom is -0.374 e. The zero-order valence-corrected chi connectivity index (χ0v) is 9.96. The summed E-state index contributed by atoms with van der Waals surface area (Å²) in [7, 11) is 0. The number of nitrogen functional groups attached to an aromatic ring is 1. The third kappa shape index (κ3) is 4.76. The molecule has 0 aliphatic rings. The highest BCUT2D eigenvalue weighted by atomic mass is 19.3. The lowest BCUT2D eigenvalue weighted by atomic mass is 10.1. The lowest BCUT2D eigenvalue weighted by Crippen LogP contribution is -2.29. The molecule has 8 heteroatoms. The number of amides is 1. The van der Waals surface area contributed by atoms with E-state index in [0.29, 0.717) is 0 Å². The van der Waals surface area contributed by atoms with E-state index in [1.165, 1.54) is 12.1 Å². The van der Waals surface area contributed by atoms with Crippen LogP contribution in [0, 0.1) is 5.82 Å². The number of nitrogens with one attached hydrogen (secondary N) is 2. The van der Waals surface area contributed by atoms with Gasteiger partial charge in [0.05, 0.1) is 17.9 Å². The minimum atomic E-state index is -2.55. The molecule has 0 saturated carbocycles. The highest BCUT2D eigenvalue weighted by molar-refractivity contribution is 5.99. The molecule has 0 saturated heterocycles. The van der Waals surface area contributed by atoms with Gasteiger partial charge in [-0.1, -0.05) is 6.07 Å². The summed E-state index contributed by atoms with van der Waals surface area (Å²) in [6.45, 7) is -0.714. The van der Waals surface area contributed by atoms with Crippen LogP contribution in [0.2, 0.25) is 0 Å². The Bertz CT molecular complexity index is 430. The van der Waals surface area contributed by atoms with E-state index in [-0.39, 0.29) is 24.4 Å². The van der Waals surface area contributed by atoms with Gasteiger partial charge >= 0.3 is 0 Å². The summed E-state index contributed by atoms with van der Waals surface area (Å²) in [5.74, 6) is 3.88. The molecule has 5 nitrogen and oxygen atoms in total. The Morgan fingerprint density at radius 2 is 2.16 bits per heavy atom. The summed E-state index contributed by atoms with van der Waals surface area (Å²) in [5.41, 5.74) is 1.99.